The first-order chi connectivity index (χ1) is 17.4. The summed E-state index contributed by atoms with van der Waals surface area (Å²) in [7, 11) is 3.15. The van der Waals surface area contributed by atoms with Crippen LogP contribution in [0.25, 0.3) is 10.9 Å². The minimum atomic E-state index is -0.124. The Bertz CT molecular complexity index is 1420. The van der Waals surface area contributed by atoms with Crippen molar-refractivity contribution in [3.63, 3.8) is 0 Å². The number of ketones is 2. The second-order valence-corrected chi connectivity index (χ2v) is 8.89. The molecule has 0 radical (unpaired) electrons. The minimum absolute atomic E-state index is 0.103. The van der Waals surface area contributed by atoms with Crippen LogP contribution in [0.1, 0.15) is 23.1 Å². The maximum absolute atomic E-state index is 12.5. The fourth-order valence-electron chi connectivity index (χ4n) is 3.98. The lowest BCUT2D eigenvalue weighted by atomic mass is 9.99. The normalized spacial score (nSPS) is 10.8. The van der Waals surface area contributed by atoms with Gasteiger partial charge >= 0.3 is 0 Å². The quantitative estimate of drug-likeness (QED) is 0.236. The molecule has 0 atom stereocenters. The number of nitrogens with zero attached hydrogens (tertiary/aromatic N) is 1. The molecule has 0 N–H and O–H groups in total. The lowest BCUT2D eigenvalue weighted by molar-refractivity contribution is -0.126. The predicted octanol–water partition coefficient (Wildman–Crippen LogP) is 6.32. The first-order valence-electron chi connectivity index (χ1n) is 11.4. The lowest BCUT2D eigenvalue weighted by Gasteiger charge is -2.12. The van der Waals surface area contributed by atoms with Crippen LogP contribution in [0.15, 0.2) is 66.9 Å². The van der Waals surface area contributed by atoms with Crippen LogP contribution in [0.2, 0.25) is 5.02 Å². The van der Waals surface area contributed by atoms with Crippen molar-refractivity contribution in [2.75, 3.05) is 14.2 Å². The summed E-state index contributed by atoms with van der Waals surface area (Å²) < 4.78 is 16.8. The van der Waals surface area contributed by atoms with Gasteiger partial charge < -0.3 is 14.2 Å². The van der Waals surface area contributed by atoms with Crippen molar-refractivity contribution < 1.29 is 23.8 Å². The number of pyridine rings is 1. The van der Waals surface area contributed by atoms with Crippen LogP contribution in [0.4, 0.5) is 0 Å². The number of fused-ring (bicyclic) bond motifs is 1. The van der Waals surface area contributed by atoms with Gasteiger partial charge in [-0.2, -0.15) is 0 Å². The third-order valence-electron chi connectivity index (χ3n) is 5.85. The Balaban J connectivity index is 1.39. The van der Waals surface area contributed by atoms with E-state index in [0.717, 1.165) is 22.1 Å². The number of carbonyl (C=O) groups is 2. The minimum Gasteiger partial charge on any atom is -0.493 e. The molecule has 0 aliphatic heterocycles. The van der Waals surface area contributed by atoms with Gasteiger partial charge in [0.05, 0.1) is 26.2 Å². The highest BCUT2D eigenvalue weighted by atomic mass is 35.5. The molecule has 0 saturated heterocycles. The van der Waals surface area contributed by atoms with Crippen LogP contribution in [0.5, 0.6) is 23.0 Å². The van der Waals surface area contributed by atoms with Gasteiger partial charge in [0.2, 0.25) is 0 Å². The van der Waals surface area contributed by atoms with Gasteiger partial charge in [0, 0.05) is 35.5 Å². The zero-order valence-electron chi connectivity index (χ0n) is 20.3. The molecular formula is C29H26ClNO5. The van der Waals surface area contributed by atoms with E-state index in [1.54, 1.807) is 50.7 Å². The van der Waals surface area contributed by atoms with Crippen molar-refractivity contribution in [2.24, 2.45) is 0 Å². The average molecular weight is 504 g/mol. The molecule has 1 heterocycles. The molecule has 184 valence electrons. The largest absolute Gasteiger partial charge is 0.493 e. The smallest absolute Gasteiger partial charge is 0.162 e. The molecule has 0 aliphatic carbocycles. The molecule has 0 aliphatic rings. The number of methoxy groups -OCH3 is 2. The number of carbonyl (C=O) groups excluding carboxylic acids is 2. The summed E-state index contributed by atoms with van der Waals surface area (Å²) in [5.74, 6) is 2.17. The second-order valence-electron chi connectivity index (χ2n) is 8.46. The lowest BCUT2D eigenvalue weighted by Crippen LogP contribution is -2.13. The van der Waals surface area contributed by atoms with E-state index in [1.165, 1.54) is 0 Å². The molecule has 0 amide bonds. The Morgan fingerprint density at radius 3 is 2.22 bits per heavy atom. The highest BCUT2D eigenvalue weighted by molar-refractivity contribution is 6.30. The maximum Gasteiger partial charge on any atom is 0.162 e. The zero-order valence-corrected chi connectivity index (χ0v) is 21.1. The van der Waals surface area contributed by atoms with Gasteiger partial charge in [-0.05, 0) is 60.0 Å². The SMILES string of the molecule is COc1cc2nccc(Oc3ccc(CC(=O)CC(=O)Cc4ccc(Cl)cc4C)cc3)c2cc1OC. The second kappa shape index (κ2) is 11.2. The molecule has 0 spiro atoms. The number of aromatic nitrogens is 1. The van der Waals surface area contributed by atoms with Gasteiger partial charge in [-0.15, -0.1) is 0 Å². The van der Waals surface area contributed by atoms with Gasteiger partial charge in [-0.25, -0.2) is 0 Å². The third-order valence-corrected chi connectivity index (χ3v) is 6.08. The summed E-state index contributed by atoms with van der Waals surface area (Å²) in [6, 6.07) is 18.1. The number of aryl methyl sites for hydroxylation is 1. The predicted molar refractivity (Wildman–Crippen MR) is 140 cm³/mol. The van der Waals surface area contributed by atoms with Crippen LogP contribution in [-0.4, -0.2) is 30.8 Å². The summed E-state index contributed by atoms with van der Waals surface area (Å²) >= 11 is 5.97. The molecule has 0 fully saturated rings. The molecular weight excluding hydrogens is 478 g/mol. The Kier molecular flexibility index (Phi) is 7.86. The number of benzene rings is 3. The fourth-order valence-corrected chi connectivity index (χ4v) is 4.21. The first kappa shape index (κ1) is 25.2. The highest BCUT2D eigenvalue weighted by Gasteiger charge is 2.14. The zero-order chi connectivity index (χ0) is 25.7. The van der Waals surface area contributed by atoms with Gasteiger partial charge in [0.15, 0.2) is 11.5 Å². The summed E-state index contributed by atoms with van der Waals surface area (Å²) in [4.78, 5) is 29.3. The van der Waals surface area contributed by atoms with E-state index < -0.39 is 0 Å². The fraction of sp³-hybridized carbons (Fsp3) is 0.207. The molecule has 0 unspecified atom stereocenters. The number of rotatable bonds is 10. The van der Waals surface area contributed by atoms with Crippen LogP contribution in [0, 0.1) is 6.92 Å². The molecule has 1 aromatic heterocycles. The van der Waals surface area contributed by atoms with Crippen LogP contribution >= 0.6 is 11.6 Å². The molecule has 4 rings (SSSR count). The van der Waals surface area contributed by atoms with E-state index >= 15 is 0 Å². The Morgan fingerprint density at radius 2 is 1.53 bits per heavy atom. The highest BCUT2D eigenvalue weighted by Crippen LogP contribution is 2.36. The van der Waals surface area contributed by atoms with Gasteiger partial charge in [0.1, 0.15) is 23.1 Å². The van der Waals surface area contributed by atoms with Crippen molar-refractivity contribution in [1.82, 2.24) is 4.98 Å². The van der Waals surface area contributed by atoms with Crippen molar-refractivity contribution in [3.8, 4) is 23.0 Å². The Morgan fingerprint density at radius 1 is 0.833 bits per heavy atom. The van der Waals surface area contributed by atoms with Gasteiger partial charge in [-0.3, -0.25) is 14.6 Å². The topological polar surface area (TPSA) is 74.7 Å². The van der Waals surface area contributed by atoms with Gasteiger partial charge in [-0.1, -0.05) is 29.8 Å². The van der Waals surface area contributed by atoms with Crippen molar-refractivity contribution in [2.45, 2.75) is 26.2 Å². The number of ether oxygens (including phenoxy) is 3. The van der Waals surface area contributed by atoms with E-state index in [4.69, 9.17) is 25.8 Å². The molecule has 0 saturated carbocycles. The van der Waals surface area contributed by atoms with Crippen molar-refractivity contribution in [1.29, 1.82) is 0 Å². The number of hydrogen-bond acceptors (Lipinski definition) is 6. The van der Waals surface area contributed by atoms with E-state index in [9.17, 15) is 9.59 Å². The van der Waals surface area contributed by atoms with Gasteiger partial charge in [0.25, 0.3) is 0 Å². The average Bonchev–Trinajstić information content (AvgIpc) is 2.86. The summed E-state index contributed by atoms with van der Waals surface area (Å²) in [5, 5.41) is 1.41. The third kappa shape index (κ3) is 6.01. The Labute approximate surface area is 214 Å². The number of hydrogen-bond donors (Lipinski definition) is 0. The number of Topliss-reactive ketones (excluding diaryl/α,β-unsaturated/α-hetero) is 2. The van der Waals surface area contributed by atoms with Crippen LogP contribution in [-0.2, 0) is 22.4 Å². The monoisotopic (exact) mass is 503 g/mol. The van der Waals surface area contributed by atoms with E-state index in [0.29, 0.717) is 33.5 Å². The summed E-state index contributed by atoms with van der Waals surface area (Å²) in [6.45, 7) is 1.90. The molecule has 36 heavy (non-hydrogen) atoms. The Hall–Kier alpha value is -3.90. The number of halogens is 1. The molecule has 3 aromatic carbocycles. The van der Waals surface area contributed by atoms with Crippen LogP contribution in [0.3, 0.4) is 0 Å². The molecule has 0 bridgehead atoms. The molecule has 7 heteroatoms. The summed E-state index contributed by atoms with van der Waals surface area (Å²) in [5.41, 5.74) is 3.36. The van der Waals surface area contributed by atoms with Crippen molar-refractivity contribution >= 4 is 34.1 Å². The first-order valence-corrected chi connectivity index (χ1v) is 11.8. The van der Waals surface area contributed by atoms with Crippen LogP contribution < -0.4 is 14.2 Å². The molecule has 6 nitrogen and oxygen atoms in total. The summed E-state index contributed by atoms with van der Waals surface area (Å²) in [6.07, 6.45) is 1.96. The molecule has 4 aromatic rings. The van der Waals surface area contributed by atoms with E-state index in [1.807, 2.05) is 37.3 Å². The van der Waals surface area contributed by atoms with Crippen molar-refractivity contribution in [3.05, 3.63) is 88.6 Å². The van der Waals surface area contributed by atoms with E-state index in [-0.39, 0.29) is 30.8 Å². The standard InChI is InChI=1S/C29H26ClNO5/c1-18-12-21(30)7-6-20(18)14-23(33)15-22(32)13-19-4-8-24(9-5-19)36-27-10-11-31-26-17-29(35-3)28(34-2)16-25(26)27/h4-12,16-17H,13-15H2,1-3H3. The maximum atomic E-state index is 12.5. The van der Waals surface area contributed by atoms with E-state index in [2.05, 4.69) is 4.98 Å².